The average molecular weight is 335 g/mol. The van der Waals surface area contributed by atoms with E-state index in [1.807, 2.05) is 40.7 Å². The Balaban J connectivity index is 0.00000139. The molecule has 7 heteroatoms. The lowest BCUT2D eigenvalue weighted by molar-refractivity contribution is -0.389. The molecule has 0 radical (unpaired) electrons. The first-order valence-electron chi connectivity index (χ1n) is 8.04. The minimum absolute atomic E-state index is 0.171. The van der Waals surface area contributed by atoms with Gasteiger partial charge < -0.3 is 19.8 Å². The number of hydrogen-bond donors (Lipinski definition) is 0. The van der Waals surface area contributed by atoms with Gasteiger partial charge in [-0.3, -0.25) is 0 Å². The van der Waals surface area contributed by atoms with E-state index in [-0.39, 0.29) is 11.9 Å². The number of amides is 1. The van der Waals surface area contributed by atoms with Crippen LogP contribution in [-0.4, -0.2) is 39.6 Å². The first kappa shape index (κ1) is 19.6. The molecule has 1 amide bonds. The van der Waals surface area contributed by atoms with Gasteiger partial charge in [-0.25, -0.2) is 4.79 Å². The summed E-state index contributed by atoms with van der Waals surface area (Å²) < 4.78 is 5.33. The maximum Gasteiger partial charge on any atom is 0.410 e. The van der Waals surface area contributed by atoms with Crippen molar-refractivity contribution < 1.29 is 14.5 Å². The van der Waals surface area contributed by atoms with Gasteiger partial charge in [-0.2, -0.15) is 0 Å². The van der Waals surface area contributed by atoms with Gasteiger partial charge in [-0.1, -0.05) is 19.9 Å². The first-order valence-corrected chi connectivity index (χ1v) is 8.04. The largest absolute Gasteiger partial charge is 0.444 e. The van der Waals surface area contributed by atoms with Crippen molar-refractivity contribution in [2.45, 2.75) is 46.6 Å². The molecule has 7 nitrogen and oxygen atoms in total. The van der Waals surface area contributed by atoms with E-state index in [0.29, 0.717) is 19.5 Å². The monoisotopic (exact) mass is 335 g/mol. The molecule has 0 atom stereocenters. The number of carbonyl (C=O) groups excluding carboxylic acids is 1. The molecule has 2 heterocycles. The number of carbonyl (C=O) groups is 1. The third-order valence-corrected chi connectivity index (χ3v) is 3.17. The van der Waals surface area contributed by atoms with Crippen molar-refractivity contribution in [2.75, 3.05) is 13.1 Å². The molecule has 0 bridgehead atoms. The van der Waals surface area contributed by atoms with Gasteiger partial charge in [0.1, 0.15) is 11.8 Å². The van der Waals surface area contributed by atoms with E-state index in [2.05, 4.69) is 4.98 Å². The fourth-order valence-electron chi connectivity index (χ4n) is 2.11. The van der Waals surface area contributed by atoms with Crippen LogP contribution < -0.4 is 0 Å². The van der Waals surface area contributed by atoms with E-state index in [9.17, 15) is 14.9 Å². The van der Waals surface area contributed by atoms with E-state index in [1.54, 1.807) is 11.0 Å². The summed E-state index contributed by atoms with van der Waals surface area (Å²) >= 11 is 0. The molecular formula is C17H25N3O4. The molecule has 0 N–H and O–H groups in total. The first-order chi connectivity index (χ1) is 11.3. The average Bonchev–Trinajstić information content (AvgIpc) is 2.55. The van der Waals surface area contributed by atoms with Crippen molar-refractivity contribution >= 4 is 17.5 Å². The van der Waals surface area contributed by atoms with Crippen LogP contribution in [0.4, 0.5) is 10.6 Å². The number of rotatable bonds is 2. The maximum absolute atomic E-state index is 12.0. The lowest BCUT2D eigenvalue weighted by Gasteiger charge is -2.29. The third-order valence-electron chi connectivity index (χ3n) is 3.17. The molecule has 1 aromatic heterocycles. The molecule has 0 spiro atoms. The van der Waals surface area contributed by atoms with Crippen LogP contribution in [-0.2, 0) is 4.74 Å². The summed E-state index contributed by atoms with van der Waals surface area (Å²) in [6, 6.07) is 3.07. The van der Waals surface area contributed by atoms with Crippen LogP contribution in [0, 0.1) is 10.1 Å². The summed E-state index contributed by atoms with van der Waals surface area (Å²) in [5.74, 6) is -0.171. The standard InChI is InChI=1S/C15H19N3O4.C2H6/c1-15(2,3)22-14(19)17-8-6-11(7-9-17)12-4-5-13(16-10-12)18(20)21;1-2/h4-6,10H,7-9H2,1-3H3;1-2H3. The SMILES string of the molecule is CC.CC(C)(C)OC(=O)N1CC=C(c2ccc([N+](=O)[O-])nc2)CC1. The number of nitrogens with zero attached hydrogens (tertiary/aromatic N) is 3. The molecule has 2 rings (SSSR count). The molecule has 132 valence electrons. The molecular weight excluding hydrogens is 310 g/mol. The summed E-state index contributed by atoms with van der Waals surface area (Å²) in [7, 11) is 0. The fourth-order valence-corrected chi connectivity index (χ4v) is 2.11. The van der Waals surface area contributed by atoms with Crippen LogP contribution >= 0.6 is 0 Å². The van der Waals surface area contributed by atoms with Crippen molar-refractivity contribution in [2.24, 2.45) is 0 Å². The number of ether oxygens (including phenoxy) is 1. The Morgan fingerprint density at radius 3 is 2.42 bits per heavy atom. The highest BCUT2D eigenvalue weighted by molar-refractivity contribution is 5.72. The zero-order chi connectivity index (χ0) is 18.3. The Bertz CT molecular complexity index is 603. The topological polar surface area (TPSA) is 85.6 Å². The molecule has 0 saturated carbocycles. The van der Waals surface area contributed by atoms with E-state index in [4.69, 9.17) is 4.74 Å². The van der Waals surface area contributed by atoms with Crippen LogP contribution in [0.25, 0.3) is 5.57 Å². The quantitative estimate of drug-likeness (QED) is 0.601. The molecule has 0 aliphatic carbocycles. The summed E-state index contributed by atoms with van der Waals surface area (Å²) in [6.07, 6.45) is 3.76. The highest BCUT2D eigenvalue weighted by Gasteiger charge is 2.24. The van der Waals surface area contributed by atoms with Crippen LogP contribution in [0.2, 0.25) is 0 Å². The Labute approximate surface area is 142 Å². The minimum Gasteiger partial charge on any atom is -0.444 e. The van der Waals surface area contributed by atoms with Gasteiger partial charge in [-0.05, 0) is 48.7 Å². The number of aromatic nitrogens is 1. The molecule has 1 aromatic rings. The molecule has 0 saturated heterocycles. The second kappa shape index (κ2) is 8.42. The number of pyridine rings is 1. The normalized spacial score (nSPS) is 14.2. The zero-order valence-corrected chi connectivity index (χ0v) is 14.9. The second-order valence-electron chi connectivity index (χ2n) is 6.07. The summed E-state index contributed by atoms with van der Waals surface area (Å²) in [4.78, 5) is 27.5. The fraction of sp³-hybridized carbons (Fsp3) is 0.529. The van der Waals surface area contributed by atoms with Crippen molar-refractivity contribution in [1.29, 1.82) is 0 Å². The van der Waals surface area contributed by atoms with Gasteiger partial charge in [0.25, 0.3) is 0 Å². The van der Waals surface area contributed by atoms with Gasteiger partial charge in [0.05, 0.1) is 0 Å². The van der Waals surface area contributed by atoms with Crippen molar-refractivity contribution in [3.8, 4) is 0 Å². The summed E-state index contributed by atoms with van der Waals surface area (Å²) in [6.45, 7) is 10.5. The van der Waals surface area contributed by atoms with Crippen LogP contribution in [0.15, 0.2) is 24.4 Å². The lowest BCUT2D eigenvalue weighted by Crippen LogP contribution is -2.39. The predicted octanol–water partition coefficient (Wildman–Crippen LogP) is 4.04. The lowest BCUT2D eigenvalue weighted by atomic mass is 10.0. The molecule has 1 aliphatic rings. The highest BCUT2D eigenvalue weighted by atomic mass is 16.6. The Morgan fingerprint density at radius 2 is 2.00 bits per heavy atom. The van der Waals surface area contributed by atoms with Crippen molar-refractivity contribution in [3.63, 3.8) is 0 Å². The van der Waals surface area contributed by atoms with Gasteiger partial charge >= 0.3 is 11.9 Å². The van der Waals surface area contributed by atoms with Crippen LogP contribution in [0.1, 0.15) is 46.6 Å². The number of nitro groups is 1. The van der Waals surface area contributed by atoms with Crippen LogP contribution in [0.3, 0.4) is 0 Å². The molecule has 0 unspecified atom stereocenters. The Hall–Kier alpha value is -2.44. The van der Waals surface area contributed by atoms with Gasteiger partial charge in [-0.15, -0.1) is 0 Å². The molecule has 0 aromatic carbocycles. The van der Waals surface area contributed by atoms with E-state index < -0.39 is 10.5 Å². The Kier molecular flexibility index (Phi) is 6.88. The predicted molar refractivity (Wildman–Crippen MR) is 92.6 cm³/mol. The van der Waals surface area contributed by atoms with Gasteiger partial charge in [0, 0.05) is 24.7 Å². The summed E-state index contributed by atoms with van der Waals surface area (Å²) in [5, 5.41) is 10.6. The molecule has 24 heavy (non-hydrogen) atoms. The summed E-state index contributed by atoms with van der Waals surface area (Å²) in [5.41, 5.74) is 1.36. The number of hydrogen-bond acceptors (Lipinski definition) is 5. The second-order valence-corrected chi connectivity index (χ2v) is 6.07. The molecule has 1 aliphatic heterocycles. The smallest absolute Gasteiger partial charge is 0.410 e. The van der Waals surface area contributed by atoms with E-state index in [0.717, 1.165) is 11.1 Å². The van der Waals surface area contributed by atoms with Crippen LogP contribution in [0.5, 0.6) is 0 Å². The van der Waals surface area contributed by atoms with Gasteiger partial charge in [0.15, 0.2) is 0 Å². The van der Waals surface area contributed by atoms with Crippen molar-refractivity contribution in [1.82, 2.24) is 9.88 Å². The zero-order valence-electron chi connectivity index (χ0n) is 14.9. The van der Waals surface area contributed by atoms with E-state index in [1.165, 1.54) is 12.3 Å². The highest BCUT2D eigenvalue weighted by Crippen LogP contribution is 2.23. The van der Waals surface area contributed by atoms with E-state index >= 15 is 0 Å². The maximum atomic E-state index is 12.0. The molecule has 0 fully saturated rings. The minimum atomic E-state index is -0.525. The van der Waals surface area contributed by atoms with Crippen molar-refractivity contribution in [3.05, 3.63) is 40.1 Å². The third kappa shape index (κ3) is 5.64. The van der Waals surface area contributed by atoms with Gasteiger partial charge in [0.2, 0.25) is 0 Å². The Morgan fingerprint density at radius 1 is 1.33 bits per heavy atom.